The number of aromatic amines is 1. The fraction of sp³-hybridized carbons (Fsp3) is 0.615. The third-order valence-electron chi connectivity index (χ3n) is 3.59. The maximum Gasteiger partial charge on any atom is 0.154 e. The number of nitrogens with zero attached hydrogens (tertiary/aromatic N) is 4. The van der Waals surface area contributed by atoms with Gasteiger partial charge in [-0.3, -0.25) is 10.00 Å². The van der Waals surface area contributed by atoms with E-state index in [-0.39, 0.29) is 0 Å². The molecule has 0 aromatic carbocycles. The zero-order chi connectivity index (χ0) is 13.2. The van der Waals surface area contributed by atoms with Gasteiger partial charge in [-0.25, -0.2) is 4.98 Å². The van der Waals surface area contributed by atoms with Crippen molar-refractivity contribution in [1.82, 2.24) is 25.2 Å². The molecule has 1 saturated heterocycles. The minimum atomic E-state index is 0.316. The minimum absolute atomic E-state index is 0.316. The number of aromatic nitrogens is 4. The van der Waals surface area contributed by atoms with Crippen LogP contribution in [-0.2, 0) is 13.0 Å². The number of rotatable bonds is 4. The van der Waals surface area contributed by atoms with Crippen molar-refractivity contribution < 1.29 is 4.52 Å². The summed E-state index contributed by atoms with van der Waals surface area (Å²) in [4.78, 5) is 6.85. The van der Waals surface area contributed by atoms with Crippen LogP contribution < -0.4 is 0 Å². The van der Waals surface area contributed by atoms with Gasteiger partial charge in [-0.15, -0.1) is 0 Å². The second-order valence-corrected chi connectivity index (χ2v) is 5.05. The molecule has 1 aliphatic heterocycles. The van der Waals surface area contributed by atoms with E-state index in [1.165, 1.54) is 6.42 Å². The van der Waals surface area contributed by atoms with E-state index in [1.54, 1.807) is 0 Å². The monoisotopic (exact) mass is 261 g/mol. The SMILES string of the molecule is CCc1n[nH]c(CN2CCCC2c2cc(C)no2)n1. The molecule has 0 amide bonds. The first kappa shape index (κ1) is 12.3. The first-order valence-electron chi connectivity index (χ1n) is 6.83. The van der Waals surface area contributed by atoms with E-state index in [0.29, 0.717) is 6.04 Å². The molecule has 3 heterocycles. The Balaban J connectivity index is 1.72. The highest BCUT2D eigenvalue weighted by Crippen LogP contribution is 2.32. The van der Waals surface area contributed by atoms with Crippen LogP contribution in [-0.4, -0.2) is 31.8 Å². The van der Waals surface area contributed by atoms with Crippen LogP contribution in [0.15, 0.2) is 10.6 Å². The van der Waals surface area contributed by atoms with Gasteiger partial charge in [0.2, 0.25) is 0 Å². The Labute approximate surface area is 112 Å². The molecule has 0 saturated carbocycles. The normalized spacial score (nSPS) is 20.2. The molecule has 0 aliphatic carbocycles. The smallest absolute Gasteiger partial charge is 0.154 e. The van der Waals surface area contributed by atoms with E-state index < -0.39 is 0 Å². The molecule has 6 heteroatoms. The lowest BCUT2D eigenvalue weighted by atomic mass is 10.1. The summed E-state index contributed by atoms with van der Waals surface area (Å²) >= 11 is 0. The van der Waals surface area contributed by atoms with Gasteiger partial charge in [0.15, 0.2) is 5.76 Å². The molecule has 0 bridgehead atoms. The Kier molecular flexibility index (Phi) is 3.33. The van der Waals surface area contributed by atoms with Crippen molar-refractivity contribution >= 4 is 0 Å². The Morgan fingerprint density at radius 3 is 3.11 bits per heavy atom. The van der Waals surface area contributed by atoms with Crippen molar-refractivity contribution in [3.63, 3.8) is 0 Å². The van der Waals surface area contributed by atoms with E-state index in [1.807, 2.05) is 13.0 Å². The summed E-state index contributed by atoms with van der Waals surface area (Å²) in [7, 11) is 0. The zero-order valence-corrected chi connectivity index (χ0v) is 11.4. The van der Waals surface area contributed by atoms with E-state index in [0.717, 1.165) is 49.0 Å². The van der Waals surface area contributed by atoms with Crippen molar-refractivity contribution in [3.05, 3.63) is 29.2 Å². The largest absolute Gasteiger partial charge is 0.359 e. The van der Waals surface area contributed by atoms with Crippen LogP contribution >= 0.6 is 0 Å². The Morgan fingerprint density at radius 2 is 2.42 bits per heavy atom. The number of H-pyrrole nitrogens is 1. The van der Waals surface area contributed by atoms with Crippen LogP contribution in [0.2, 0.25) is 0 Å². The molecule has 0 spiro atoms. The van der Waals surface area contributed by atoms with E-state index in [9.17, 15) is 0 Å². The topological polar surface area (TPSA) is 70.8 Å². The first-order valence-corrected chi connectivity index (χ1v) is 6.83. The molecule has 2 aromatic rings. The highest BCUT2D eigenvalue weighted by atomic mass is 16.5. The predicted molar refractivity (Wildman–Crippen MR) is 69.4 cm³/mol. The van der Waals surface area contributed by atoms with Gasteiger partial charge in [0.1, 0.15) is 11.6 Å². The van der Waals surface area contributed by atoms with E-state index in [4.69, 9.17) is 4.52 Å². The molecule has 1 N–H and O–H groups in total. The number of nitrogens with one attached hydrogen (secondary N) is 1. The minimum Gasteiger partial charge on any atom is -0.359 e. The van der Waals surface area contributed by atoms with E-state index in [2.05, 4.69) is 32.2 Å². The quantitative estimate of drug-likeness (QED) is 0.911. The van der Waals surface area contributed by atoms with Gasteiger partial charge in [0, 0.05) is 12.5 Å². The molecule has 0 radical (unpaired) electrons. The van der Waals surface area contributed by atoms with Crippen LogP contribution in [0.1, 0.15) is 48.9 Å². The number of hydrogen-bond acceptors (Lipinski definition) is 5. The van der Waals surface area contributed by atoms with Gasteiger partial charge >= 0.3 is 0 Å². The lowest BCUT2D eigenvalue weighted by Gasteiger charge is -2.20. The van der Waals surface area contributed by atoms with Gasteiger partial charge in [-0.1, -0.05) is 12.1 Å². The third-order valence-corrected chi connectivity index (χ3v) is 3.59. The highest BCUT2D eigenvalue weighted by Gasteiger charge is 2.29. The Bertz CT molecular complexity index is 547. The van der Waals surface area contributed by atoms with Gasteiger partial charge in [0.05, 0.1) is 18.3 Å². The summed E-state index contributed by atoms with van der Waals surface area (Å²) in [6, 6.07) is 2.34. The Hall–Kier alpha value is -1.69. The van der Waals surface area contributed by atoms with Gasteiger partial charge in [0.25, 0.3) is 0 Å². The van der Waals surface area contributed by atoms with Gasteiger partial charge < -0.3 is 4.52 Å². The molecule has 1 fully saturated rings. The van der Waals surface area contributed by atoms with Crippen LogP contribution in [0.5, 0.6) is 0 Å². The summed E-state index contributed by atoms with van der Waals surface area (Å²) < 4.78 is 5.40. The highest BCUT2D eigenvalue weighted by molar-refractivity contribution is 5.10. The van der Waals surface area contributed by atoms with Crippen molar-refractivity contribution in [1.29, 1.82) is 0 Å². The molecule has 1 aliphatic rings. The predicted octanol–water partition coefficient (Wildman–Crippen LogP) is 2.00. The number of likely N-dealkylation sites (tertiary alicyclic amines) is 1. The standard InChI is InChI=1S/C13H19N5O/c1-3-12-14-13(16-15-12)8-18-6-4-5-10(18)11-7-9(2)17-19-11/h7,10H,3-6,8H2,1-2H3,(H,14,15,16). The van der Waals surface area contributed by atoms with Crippen LogP contribution in [0.4, 0.5) is 0 Å². The van der Waals surface area contributed by atoms with Crippen LogP contribution in [0.3, 0.4) is 0 Å². The third kappa shape index (κ3) is 2.53. The summed E-state index contributed by atoms with van der Waals surface area (Å²) in [5.74, 6) is 2.77. The summed E-state index contributed by atoms with van der Waals surface area (Å²) in [5.41, 5.74) is 0.940. The lowest BCUT2D eigenvalue weighted by Crippen LogP contribution is -2.23. The maximum atomic E-state index is 5.40. The maximum absolute atomic E-state index is 5.40. The molecule has 102 valence electrons. The average Bonchev–Trinajstić information content (AvgIpc) is 3.10. The van der Waals surface area contributed by atoms with Crippen molar-refractivity contribution in [3.8, 4) is 0 Å². The molecule has 1 unspecified atom stereocenters. The molecule has 2 aromatic heterocycles. The zero-order valence-electron chi connectivity index (χ0n) is 11.4. The molecule has 19 heavy (non-hydrogen) atoms. The Morgan fingerprint density at radius 1 is 1.53 bits per heavy atom. The molecule has 1 atom stereocenters. The first-order chi connectivity index (χ1) is 9.26. The molecular formula is C13H19N5O. The average molecular weight is 261 g/mol. The van der Waals surface area contributed by atoms with Crippen molar-refractivity contribution in [2.75, 3.05) is 6.54 Å². The number of hydrogen-bond donors (Lipinski definition) is 1. The second kappa shape index (κ2) is 5.13. The van der Waals surface area contributed by atoms with Crippen LogP contribution in [0, 0.1) is 6.92 Å². The second-order valence-electron chi connectivity index (χ2n) is 5.05. The summed E-state index contributed by atoms with van der Waals surface area (Å²) in [6.45, 7) is 5.86. The molecule has 3 rings (SSSR count). The molecular weight excluding hydrogens is 242 g/mol. The lowest BCUT2D eigenvalue weighted by molar-refractivity contribution is 0.202. The number of aryl methyl sites for hydroxylation is 2. The fourth-order valence-corrected chi connectivity index (χ4v) is 2.63. The van der Waals surface area contributed by atoms with Crippen molar-refractivity contribution in [2.24, 2.45) is 0 Å². The fourth-order valence-electron chi connectivity index (χ4n) is 2.63. The molecule has 6 nitrogen and oxygen atoms in total. The summed E-state index contributed by atoms with van der Waals surface area (Å²) in [5, 5.41) is 11.2. The van der Waals surface area contributed by atoms with Gasteiger partial charge in [-0.2, -0.15) is 5.10 Å². The van der Waals surface area contributed by atoms with Crippen LogP contribution in [0.25, 0.3) is 0 Å². The summed E-state index contributed by atoms with van der Waals surface area (Å²) in [6.07, 6.45) is 3.16. The van der Waals surface area contributed by atoms with Crippen molar-refractivity contribution in [2.45, 2.75) is 45.7 Å². The van der Waals surface area contributed by atoms with Gasteiger partial charge in [-0.05, 0) is 26.3 Å². The van der Waals surface area contributed by atoms with E-state index >= 15 is 0 Å².